The molecule has 9 nitrogen and oxygen atoms in total. The van der Waals surface area contributed by atoms with Crippen LogP contribution in [-0.4, -0.2) is 32.8 Å². The Labute approximate surface area is 204 Å². The third-order valence-electron chi connectivity index (χ3n) is 6.55. The van der Waals surface area contributed by atoms with Crippen molar-refractivity contribution in [3.8, 4) is 16.9 Å². The zero-order valence-electron chi connectivity index (χ0n) is 19.5. The van der Waals surface area contributed by atoms with Crippen LogP contribution in [0, 0.1) is 11.6 Å². The van der Waals surface area contributed by atoms with Gasteiger partial charge in [-0.15, -0.1) is 0 Å². The van der Waals surface area contributed by atoms with E-state index in [4.69, 9.17) is 10.5 Å². The predicted octanol–water partition coefficient (Wildman–Crippen LogP) is 3.70. The number of carbonyl (C=O) groups is 1. The highest BCUT2D eigenvalue weighted by atomic mass is 19.1. The number of aromatic amines is 1. The number of hydrogen-bond donors (Lipinski definition) is 3. The average molecular weight is 495 g/mol. The number of anilines is 1. The van der Waals surface area contributed by atoms with Crippen molar-refractivity contribution in [3.05, 3.63) is 69.9 Å². The number of amides is 1. The van der Waals surface area contributed by atoms with Gasteiger partial charge in [-0.2, -0.15) is 5.10 Å². The number of carbonyl (C=O) groups excluding carboxylic acids is 1. The predicted molar refractivity (Wildman–Crippen MR) is 130 cm³/mol. The first-order valence-corrected chi connectivity index (χ1v) is 11.5. The van der Waals surface area contributed by atoms with Gasteiger partial charge < -0.3 is 20.4 Å². The van der Waals surface area contributed by atoms with Gasteiger partial charge in [-0.05, 0) is 37.1 Å². The summed E-state index contributed by atoms with van der Waals surface area (Å²) in [6.45, 7) is -0.224. The average Bonchev–Trinajstić information content (AvgIpc) is 3.54. The molecule has 1 aliphatic rings. The van der Waals surface area contributed by atoms with E-state index in [1.807, 2.05) is 10.8 Å². The van der Waals surface area contributed by atoms with Gasteiger partial charge in [-0.25, -0.2) is 13.9 Å². The van der Waals surface area contributed by atoms with E-state index in [9.17, 15) is 14.0 Å². The molecule has 1 aliphatic carbocycles. The molecular weight excluding hydrogens is 470 g/mol. The fraction of sp³-hybridized carbons (Fsp3) is 0.280. The van der Waals surface area contributed by atoms with E-state index < -0.39 is 17.5 Å². The SMILES string of the molecule is COc1ccc(F)cc1C(=O)NCc1ncc(-c2cn(C3CCCC3)c3c(=O)[nH]nc(N)c23)cc1F. The van der Waals surface area contributed by atoms with Gasteiger partial charge in [-0.3, -0.25) is 14.6 Å². The molecule has 0 aliphatic heterocycles. The van der Waals surface area contributed by atoms with E-state index in [1.54, 1.807) is 0 Å². The number of H-pyrrole nitrogens is 1. The van der Waals surface area contributed by atoms with Crippen LogP contribution in [0.1, 0.15) is 47.8 Å². The first-order chi connectivity index (χ1) is 17.4. The summed E-state index contributed by atoms with van der Waals surface area (Å²) in [5.41, 5.74) is 7.13. The minimum absolute atomic E-state index is 0.00838. The van der Waals surface area contributed by atoms with Crippen LogP contribution in [0.25, 0.3) is 22.0 Å². The van der Waals surface area contributed by atoms with Gasteiger partial charge in [0.25, 0.3) is 11.5 Å². The minimum Gasteiger partial charge on any atom is -0.496 e. The summed E-state index contributed by atoms with van der Waals surface area (Å²) in [6.07, 6.45) is 7.27. The maximum Gasteiger partial charge on any atom is 0.288 e. The van der Waals surface area contributed by atoms with Gasteiger partial charge >= 0.3 is 0 Å². The van der Waals surface area contributed by atoms with E-state index in [0.29, 0.717) is 22.0 Å². The number of nitrogens with one attached hydrogen (secondary N) is 2. The van der Waals surface area contributed by atoms with Crippen molar-refractivity contribution in [1.82, 2.24) is 25.1 Å². The minimum atomic E-state index is -0.655. The van der Waals surface area contributed by atoms with Crippen LogP contribution >= 0.6 is 0 Å². The van der Waals surface area contributed by atoms with Crippen LogP contribution < -0.4 is 21.3 Å². The molecule has 5 rings (SSSR count). The Balaban J connectivity index is 1.45. The Morgan fingerprint density at radius 1 is 1.28 bits per heavy atom. The van der Waals surface area contributed by atoms with Crippen molar-refractivity contribution in [3.63, 3.8) is 0 Å². The summed E-state index contributed by atoms with van der Waals surface area (Å²) in [7, 11) is 1.36. The third kappa shape index (κ3) is 4.16. The monoisotopic (exact) mass is 494 g/mol. The number of methoxy groups -OCH3 is 1. The molecule has 0 unspecified atom stereocenters. The maximum atomic E-state index is 15.1. The van der Waals surface area contributed by atoms with Gasteiger partial charge in [-0.1, -0.05) is 12.8 Å². The molecular formula is C25H24F2N6O3. The first-order valence-electron chi connectivity index (χ1n) is 11.5. The molecule has 186 valence electrons. The summed E-state index contributed by atoms with van der Waals surface area (Å²) in [6, 6.07) is 4.99. The highest BCUT2D eigenvalue weighted by molar-refractivity contribution is 6.02. The summed E-state index contributed by atoms with van der Waals surface area (Å²) in [5, 5.41) is 9.32. The van der Waals surface area contributed by atoms with E-state index in [2.05, 4.69) is 20.5 Å². The normalized spacial score (nSPS) is 13.9. The number of fused-ring (bicyclic) bond motifs is 1. The van der Waals surface area contributed by atoms with Gasteiger partial charge in [0.1, 0.15) is 22.9 Å². The fourth-order valence-corrected chi connectivity index (χ4v) is 4.78. The van der Waals surface area contributed by atoms with Gasteiger partial charge in [0, 0.05) is 29.6 Å². The molecule has 3 aromatic heterocycles. The topological polar surface area (TPSA) is 128 Å². The molecule has 3 heterocycles. The number of halogens is 2. The lowest BCUT2D eigenvalue weighted by Crippen LogP contribution is -2.24. The lowest BCUT2D eigenvalue weighted by molar-refractivity contribution is 0.0946. The van der Waals surface area contributed by atoms with E-state index in [-0.39, 0.29) is 41.0 Å². The van der Waals surface area contributed by atoms with Crippen LogP contribution in [-0.2, 0) is 6.54 Å². The standard InChI is InChI=1S/C25H24F2N6O3/c1-36-20-7-6-14(26)9-16(20)24(34)30-11-19-18(27)8-13(10-29-19)17-12-33(15-4-2-3-5-15)22-21(17)23(28)31-32-25(22)35/h6-10,12,15H,2-5,11H2,1H3,(H2,28,31)(H,30,34)(H,32,35). The Kier molecular flexibility index (Phi) is 6.13. The first kappa shape index (κ1) is 23.5. The Hall–Kier alpha value is -4.28. The summed E-state index contributed by atoms with van der Waals surface area (Å²) >= 11 is 0. The Morgan fingerprint density at radius 2 is 2.06 bits per heavy atom. The zero-order chi connectivity index (χ0) is 25.4. The van der Waals surface area contributed by atoms with Crippen molar-refractivity contribution in [2.24, 2.45) is 0 Å². The van der Waals surface area contributed by atoms with Gasteiger partial charge in [0.15, 0.2) is 5.82 Å². The second-order valence-electron chi connectivity index (χ2n) is 8.73. The number of ether oxygens (including phenoxy) is 1. The van der Waals surface area contributed by atoms with Gasteiger partial charge in [0.2, 0.25) is 0 Å². The van der Waals surface area contributed by atoms with E-state index >= 15 is 4.39 Å². The van der Waals surface area contributed by atoms with Crippen molar-refractivity contribution in [1.29, 1.82) is 0 Å². The second-order valence-corrected chi connectivity index (χ2v) is 8.73. The van der Waals surface area contributed by atoms with Crippen LogP contribution in [0.2, 0.25) is 0 Å². The molecule has 0 bridgehead atoms. The van der Waals surface area contributed by atoms with Crippen molar-refractivity contribution >= 4 is 22.6 Å². The molecule has 36 heavy (non-hydrogen) atoms. The quantitative estimate of drug-likeness (QED) is 0.375. The summed E-state index contributed by atoms with van der Waals surface area (Å²) in [4.78, 5) is 29.4. The highest BCUT2D eigenvalue weighted by Crippen LogP contribution is 2.38. The second kappa shape index (κ2) is 9.40. The molecule has 4 N–H and O–H groups in total. The zero-order valence-corrected chi connectivity index (χ0v) is 19.5. The van der Waals surface area contributed by atoms with E-state index in [1.165, 1.54) is 31.5 Å². The Morgan fingerprint density at radius 3 is 2.78 bits per heavy atom. The molecule has 4 aromatic rings. The molecule has 11 heteroatoms. The van der Waals surface area contributed by atoms with Gasteiger partial charge in [0.05, 0.1) is 30.3 Å². The van der Waals surface area contributed by atoms with E-state index in [0.717, 1.165) is 31.7 Å². The number of nitrogens with zero attached hydrogens (tertiary/aromatic N) is 3. The van der Waals surface area contributed by atoms with Crippen LogP contribution in [0.15, 0.2) is 41.5 Å². The summed E-state index contributed by atoms with van der Waals surface area (Å²) < 4.78 is 35.7. The maximum absolute atomic E-state index is 15.1. The number of nitrogen functional groups attached to an aromatic ring is 1. The number of pyridine rings is 1. The molecule has 0 atom stereocenters. The smallest absolute Gasteiger partial charge is 0.288 e. The van der Waals surface area contributed by atoms with Crippen molar-refractivity contribution in [2.45, 2.75) is 38.3 Å². The summed E-state index contributed by atoms with van der Waals surface area (Å²) in [5.74, 6) is -1.56. The molecule has 1 fully saturated rings. The van der Waals surface area contributed by atoms with Crippen molar-refractivity contribution in [2.75, 3.05) is 12.8 Å². The third-order valence-corrected chi connectivity index (χ3v) is 6.55. The molecule has 0 saturated heterocycles. The Bertz CT molecular complexity index is 1520. The lowest BCUT2D eigenvalue weighted by atomic mass is 10.1. The van der Waals surface area contributed by atoms with Crippen LogP contribution in [0.3, 0.4) is 0 Å². The number of aromatic nitrogens is 4. The molecule has 1 amide bonds. The number of rotatable bonds is 6. The van der Waals surface area contributed by atoms with Crippen LogP contribution in [0.5, 0.6) is 5.75 Å². The number of nitrogens with two attached hydrogens (primary N) is 1. The lowest BCUT2D eigenvalue weighted by Gasteiger charge is -2.12. The molecule has 0 spiro atoms. The molecule has 1 aromatic carbocycles. The number of hydrogen-bond acceptors (Lipinski definition) is 6. The number of benzene rings is 1. The molecule has 1 saturated carbocycles. The van der Waals surface area contributed by atoms with Crippen LogP contribution in [0.4, 0.5) is 14.6 Å². The highest BCUT2D eigenvalue weighted by Gasteiger charge is 2.24. The van der Waals surface area contributed by atoms with Crippen molar-refractivity contribution < 1.29 is 18.3 Å². The molecule has 0 radical (unpaired) electrons. The largest absolute Gasteiger partial charge is 0.496 e. The fourth-order valence-electron chi connectivity index (χ4n) is 4.78.